The molecule has 22 heavy (non-hydrogen) atoms. The van der Waals surface area contributed by atoms with Gasteiger partial charge in [-0.3, -0.25) is 4.79 Å². The number of benzene rings is 1. The van der Waals surface area contributed by atoms with E-state index in [1.54, 1.807) is 6.92 Å². The number of nitrogens with one attached hydrogen (secondary N) is 1. The summed E-state index contributed by atoms with van der Waals surface area (Å²) in [5.74, 6) is -3.08. The van der Waals surface area contributed by atoms with Gasteiger partial charge in [-0.25, -0.2) is 8.78 Å². The number of rotatable bonds is 6. The fraction of sp³-hybridized carbons (Fsp3) is 0.562. The standard InChI is InChI=1S/C16H23F2NO3/c1-5-22-12-7-6-11(17)13(14(12)18)15(21)19-10(9-20)8-16(2,3)4/h6-7,10,20H,5,8-9H2,1-4H3,(H,19,21). The first kappa shape index (κ1) is 18.4. The third-order valence-electron chi connectivity index (χ3n) is 3.00. The van der Waals surface area contributed by atoms with Gasteiger partial charge in [-0.05, 0) is 30.9 Å². The van der Waals surface area contributed by atoms with E-state index in [2.05, 4.69) is 5.32 Å². The van der Waals surface area contributed by atoms with Crippen molar-refractivity contribution < 1.29 is 23.4 Å². The molecule has 0 spiro atoms. The van der Waals surface area contributed by atoms with Crippen molar-refractivity contribution >= 4 is 5.91 Å². The Kier molecular flexibility index (Phi) is 6.29. The van der Waals surface area contributed by atoms with Gasteiger partial charge < -0.3 is 15.2 Å². The fourth-order valence-corrected chi connectivity index (χ4v) is 2.17. The van der Waals surface area contributed by atoms with Gasteiger partial charge in [0.2, 0.25) is 0 Å². The van der Waals surface area contributed by atoms with Crippen LogP contribution in [0.25, 0.3) is 0 Å². The maximum absolute atomic E-state index is 14.2. The molecule has 2 N–H and O–H groups in total. The van der Waals surface area contributed by atoms with Crippen LogP contribution in [0.4, 0.5) is 8.78 Å². The number of ether oxygens (including phenoxy) is 1. The smallest absolute Gasteiger partial charge is 0.257 e. The summed E-state index contributed by atoms with van der Waals surface area (Å²) in [5.41, 5.74) is -0.844. The first-order valence-electron chi connectivity index (χ1n) is 7.22. The molecule has 0 saturated heterocycles. The molecule has 0 fully saturated rings. The Labute approximate surface area is 129 Å². The normalized spacial score (nSPS) is 12.9. The highest BCUT2D eigenvalue weighted by Crippen LogP contribution is 2.24. The van der Waals surface area contributed by atoms with E-state index in [1.165, 1.54) is 0 Å². The van der Waals surface area contributed by atoms with Crippen LogP contribution in [0.1, 0.15) is 44.5 Å². The minimum absolute atomic E-state index is 0.148. The molecule has 0 radical (unpaired) electrons. The first-order chi connectivity index (χ1) is 10.2. The predicted octanol–water partition coefficient (Wildman–Crippen LogP) is 2.89. The molecule has 0 bridgehead atoms. The summed E-state index contributed by atoms with van der Waals surface area (Å²) in [6.07, 6.45) is 0.476. The molecule has 0 aliphatic rings. The van der Waals surface area contributed by atoms with Gasteiger partial charge >= 0.3 is 0 Å². The van der Waals surface area contributed by atoms with Crippen molar-refractivity contribution in [3.8, 4) is 5.75 Å². The van der Waals surface area contributed by atoms with Gasteiger partial charge in [-0.2, -0.15) is 0 Å². The number of amides is 1. The molecule has 0 aromatic heterocycles. The van der Waals surface area contributed by atoms with Crippen LogP contribution >= 0.6 is 0 Å². The fourth-order valence-electron chi connectivity index (χ4n) is 2.17. The van der Waals surface area contributed by atoms with Crippen molar-refractivity contribution in [2.24, 2.45) is 5.41 Å². The minimum atomic E-state index is -1.04. The number of aliphatic hydroxyl groups excluding tert-OH is 1. The summed E-state index contributed by atoms with van der Waals surface area (Å²) in [6, 6.07) is 1.55. The zero-order valence-electron chi connectivity index (χ0n) is 13.4. The van der Waals surface area contributed by atoms with Gasteiger partial charge in [0.05, 0.1) is 19.3 Å². The Morgan fingerprint density at radius 2 is 2.00 bits per heavy atom. The number of carbonyl (C=O) groups is 1. The minimum Gasteiger partial charge on any atom is -0.491 e. The lowest BCUT2D eigenvalue weighted by Crippen LogP contribution is -2.40. The van der Waals surface area contributed by atoms with E-state index in [4.69, 9.17) is 4.74 Å². The molecule has 0 saturated carbocycles. The Bertz CT molecular complexity index is 527. The average molecular weight is 315 g/mol. The van der Waals surface area contributed by atoms with Crippen molar-refractivity contribution in [3.05, 3.63) is 29.3 Å². The average Bonchev–Trinajstić information content (AvgIpc) is 2.40. The molecule has 0 heterocycles. The molecule has 1 amide bonds. The van der Waals surface area contributed by atoms with E-state index in [0.717, 1.165) is 12.1 Å². The van der Waals surface area contributed by atoms with Crippen LogP contribution in [-0.2, 0) is 0 Å². The Morgan fingerprint density at radius 1 is 1.36 bits per heavy atom. The van der Waals surface area contributed by atoms with Gasteiger partial charge in [0, 0.05) is 0 Å². The maximum atomic E-state index is 14.2. The van der Waals surface area contributed by atoms with Gasteiger partial charge in [-0.15, -0.1) is 0 Å². The van der Waals surface area contributed by atoms with E-state index in [1.807, 2.05) is 20.8 Å². The summed E-state index contributed by atoms with van der Waals surface area (Å²) in [5, 5.41) is 11.8. The Morgan fingerprint density at radius 3 is 2.50 bits per heavy atom. The lowest BCUT2D eigenvalue weighted by molar-refractivity contribution is 0.0888. The second kappa shape index (κ2) is 7.54. The van der Waals surface area contributed by atoms with Crippen molar-refractivity contribution in [1.82, 2.24) is 5.32 Å². The lowest BCUT2D eigenvalue weighted by Gasteiger charge is -2.25. The molecular formula is C16H23F2NO3. The number of halogens is 2. The molecule has 124 valence electrons. The number of carbonyl (C=O) groups excluding carboxylic acids is 1. The zero-order chi connectivity index (χ0) is 16.9. The van der Waals surface area contributed by atoms with Crippen LogP contribution in [0.15, 0.2) is 12.1 Å². The molecule has 1 atom stereocenters. The zero-order valence-corrected chi connectivity index (χ0v) is 13.4. The number of aliphatic hydroxyl groups is 1. The highest BCUT2D eigenvalue weighted by Gasteiger charge is 2.25. The molecule has 1 rings (SSSR count). The molecule has 4 nitrogen and oxygen atoms in total. The SMILES string of the molecule is CCOc1ccc(F)c(C(=O)NC(CO)CC(C)(C)C)c1F. The van der Waals surface area contributed by atoms with E-state index in [-0.39, 0.29) is 24.4 Å². The van der Waals surface area contributed by atoms with Crippen LogP contribution in [0, 0.1) is 17.0 Å². The van der Waals surface area contributed by atoms with Crippen molar-refractivity contribution in [1.29, 1.82) is 0 Å². The second-order valence-corrected chi connectivity index (χ2v) is 6.29. The maximum Gasteiger partial charge on any atom is 0.257 e. The van der Waals surface area contributed by atoms with Crippen molar-refractivity contribution in [2.45, 2.75) is 40.2 Å². The van der Waals surface area contributed by atoms with Gasteiger partial charge in [0.1, 0.15) is 11.4 Å². The van der Waals surface area contributed by atoms with Gasteiger partial charge in [-0.1, -0.05) is 20.8 Å². The van der Waals surface area contributed by atoms with E-state index in [0.29, 0.717) is 6.42 Å². The van der Waals surface area contributed by atoms with E-state index in [9.17, 15) is 18.7 Å². The van der Waals surface area contributed by atoms with Crippen LogP contribution in [0.3, 0.4) is 0 Å². The summed E-state index contributed by atoms with van der Waals surface area (Å²) in [6.45, 7) is 7.38. The van der Waals surface area contributed by atoms with Crippen LogP contribution in [-0.4, -0.2) is 30.3 Å². The largest absolute Gasteiger partial charge is 0.491 e. The first-order valence-corrected chi connectivity index (χ1v) is 7.22. The molecule has 1 unspecified atom stereocenters. The lowest BCUT2D eigenvalue weighted by atomic mass is 9.88. The van der Waals surface area contributed by atoms with Crippen LogP contribution < -0.4 is 10.1 Å². The summed E-state index contributed by atoms with van der Waals surface area (Å²) in [4.78, 5) is 12.1. The van der Waals surface area contributed by atoms with Gasteiger partial charge in [0.15, 0.2) is 11.6 Å². The van der Waals surface area contributed by atoms with Crippen LogP contribution in [0.5, 0.6) is 5.75 Å². The van der Waals surface area contributed by atoms with Crippen molar-refractivity contribution in [3.63, 3.8) is 0 Å². The summed E-state index contributed by atoms with van der Waals surface area (Å²) in [7, 11) is 0. The highest BCUT2D eigenvalue weighted by molar-refractivity contribution is 5.95. The summed E-state index contributed by atoms with van der Waals surface area (Å²) >= 11 is 0. The Hall–Kier alpha value is -1.69. The molecule has 6 heteroatoms. The molecular weight excluding hydrogens is 292 g/mol. The summed E-state index contributed by atoms with van der Waals surface area (Å²) < 4.78 is 33.0. The highest BCUT2D eigenvalue weighted by atomic mass is 19.1. The van der Waals surface area contributed by atoms with Crippen LogP contribution in [0.2, 0.25) is 0 Å². The third-order valence-corrected chi connectivity index (χ3v) is 3.00. The third kappa shape index (κ3) is 4.94. The van der Waals surface area contributed by atoms with E-state index < -0.39 is 29.1 Å². The number of hydrogen-bond acceptors (Lipinski definition) is 3. The molecule has 0 aliphatic heterocycles. The molecule has 1 aromatic rings. The number of hydrogen-bond donors (Lipinski definition) is 2. The predicted molar refractivity (Wildman–Crippen MR) is 79.9 cm³/mol. The van der Waals surface area contributed by atoms with Gasteiger partial charge in [0.25, 0.3) is 5.91 Å². The Balaban J connectivity index is 2.99. The quantitative estimate of drug-likeness (QED) is 0.848. The molecule has 1 aromatic carbocycles. The topological polar surface area (TPSA) is 58.6 Å². The molecule has 0 aliphatic carbocycles. The van der Waals surface area contributed by atoms with Crippen molar-refractivity contribution in [2.75, 3.05) is 13.2 Å². The second-order valence-electron chi connectivity index (χ2n) is 6.29. The van der Waals surface area contributed by atoms with E-state index >= 15 is 0 Å². The monoisotopic (exact) mass is 315 g/mol.